The van der Waals surface area contributed by atoms with E-state index in [1.807, 2.05) is 4.90 Å². The van der Waals surface area contributed by atoms with E-state index in [9.17, 15) is 9.18 Å². The summed E-state index contributed by atoms with van der Waals surface area (Å²) in [7, 11) is 0. The van der Waals surface area contributed by atoms with Gasteiger partial charge in [0.15, 0.2) is 0 Å². The van der Waals surface area contributed by atoms with Crippen LogP contribution in [0.15, 0.2) is 24.3 Å². The molecule has 2 rings (SSSR count). The first-order valence-electron chi connectivity index (χ1n) is 6.05. The van der Waals surface area contributed by atoms with Crippen molar-refractivity contribution in [2.45, 2.75) is 12.2 Å². The van der Waals surface area contributed by atoms with Crippen molar-refractivity contribution in [3.05, 3.63) is 30.1 Å². The molecule has 98 valence electrons. The van der Waals surface area contributed by atoms with Crippen molar-refractivity contribution >= 4 is 24.2 Å². The number of hydrogen-bond donors (Lipinski definition) is 1. The molecule has 0 saturated carbocycles. The molecule has 18 heavy (non-hydrogen) atoms. The van der Waals surface area contributed by atoms with Crippen LogP contribution in [-0.4, -0.2) is 42.2 Å². The zero-order chi connectivity index (χ0) is 13.1. The van der Waals surface area contributed by atoms with Crippen LogP contribution in [0, 0.1) is 5.82 Å². The lowest BCUT2D eigenvalue weighted by Gasteiger charge is -2.36. The summed E-state index contributed by atoms with van der Waals surface area (Å²) in [4.78, 5) is 15.8. The zero-order valence-electron chi connectivity index (χ0n) is 10.3. The van der Waals surface area contributed by atoms with Gasteiger partial charge in [0.25, 0.3) is 0 Å². The van der Waals surface area contributed by atoms with Gasteiger partial charge in [-0.3, -0.25) is 4.79 Å². The van der Waals surface area contributed by atoms with E-state index in [-0.39, 0.29) is 17.0 Å². The third kappa shape index (κ3) is 2.96. The van der Waals surface area contributed by atoms with E-state index in [0.29, 0.717) is 13.1 Å². The molecule has 1 fully saturated rings. The molecule has 1 aromatic carbocycles. The maximum atomic E-state index is 12.8. The zero-order valence-corrected chi connectivity index (χ0v) is 11.2. The van der Waals surface area contributed by atoms with Crippen molar-refractivity contribution < 1.29 is 9.18 Å². The third-order valence-electron chi connectivity index (χ3n) is 3.14. The number of carbonyl (C=O) groups is 1. The second-order valence-electron chi connectivity index (χ2n) is 4.46. The molecule has 0 aliphatic carbocycles. The number of thiol groups is 1. The second-order valence-corrected chi connectivity index (χ2v) is 5.24. The SMILES string of the molecule is CC(S)C(=O)N1CCN(c2ccc(F)cc2)CC1. The Morgan fingerprint density at radius 3 is 2.28 bits per heavy atom. The number of nitrogens with zero attached hydrogens (tertiary/aromatic N) is 2. The van der Waals surface area contributed by atoms with Crippen molar-refractivity contribution in [2.24, 2.45) is 0 Å². The quantitative estimate of drug-likeness (QED) is 0.827. The molecule has 0 bridgehead atoms. The molecule has 1 saturated heterocycles. The molecule has 1 atom stereocenters. The van der Waals surface area contributed by atoms with Gasteiger partial charge in [0.1, 0.15) is 5.82 Å². The molecular weight excluding hydrogens is 251 g/mol. The van der Waals surface area contributed by atoms with E-state index in [4.69, 9.17) is 0 Å². The van der Waals surface area contributed by atoms with Gasteiger partial charge < -0.3 is 9.80 Å². The molecule has 1 heterocycles. The molecule has 0 aromatic heterocycles. The Balaban J connectivity index is 1.94. The van der Waals surface area contributed by atoms with E-state index in [2.05, 4.69) is 17.5 Å². The molecule has 1 aliphatic rings. The third-order valence-corrected chi connectivity index (χ3v) is 3.36. The van der Waals surface area contributed by atoms with Crippen LogP contribution in [-0.2, 0) is 4.79 Å². The minimum atomic E-state index is -0.248. The maximum absolute atomic E-state index is 12.8. The van der Waals surface area contributed by atoms with Crippen molar-refractivity contribution in [1.82, 2.24) is 4.90 Å². The number of rotatable bonds is 2. The van der Waals surface area contributed by atoms with Crippen molar-refractivity contribution in [3.8, 4) is 0 Å². The van der Waals surface area contributed by atoms with Crippen LogP contribution >= 0.6 is 12.6 Å². The average Bonchev–Trinajstić information content (AvgIpc) is 2.39. The first-order valence-corrected chi connectivity index (χ1v) is 6.57. The van der Waals surface area contributed by atoms with Gasteiger partial charge >= 0.3 is 0 Å². The van der Waals surface area contributed by atoms with Crippen LogP contribution in [0.2, 0.25) is 0 Å². The smallest absolute Gasteiger partial charge is 0.235 e. The number of hydrogen-bond acceptors (Lipinski definition) is 3. The van der Waals surface area contributed by atoms with Gasteiger partial charge in [0.2, 0.25) is 5.91 Å². The van der Waals surface area contributed by atoms with Crippen LogP contribution in [0.4, 0.5) is 10.1 Å². The highest BCUT2D eigenvalue weighted by atomic mass is 32.1. The van der Waals surface area contributed by atoms with Gasteiger partial charge in [-0.1, -0.05) is 0 Å². The lowest BCUT2D eigenvalue weighted by Crippen LogP contribution is -2.50. The normalized spacial score (nSPS) is 17.7. The molecule has 0 spiro atoms. The van der Waals surface area contributed by atoms with Crippen molar-refractivity contribution in [2.75, 3.05) is 31.1 Å². The van der Waals surface area contributed by atoms with Crippen LogP contribution in [0.5, 0.6) is 0 Å². The van der Waals surface area contributed by atoms with E-state index >= 15 is 0 Å². The van der Waals surface area contributed by atoms with Crippen molar-refractivity contribution in [1.29, 1.82) is 0 Å². The standard InChI is InChI=1S/C13H17FN2OS/c1-10(18)13(17)16-8-6-15(7-9-16)12-4-2-11(14)3-5-12/h2-5,10,18H,6-9H2,1H3. The second kappa shape index (κ2) is 5.61. The molecule has 1 unspecified atom stereocenters. The van der Waals surface area contributed by atoms with E-state index in [1.54, 1.807) is 19.1 Å². The van der Waals surface area contributed by atoms with Gasteiger partial charge in [0, 0.05) is 31.9 Å². The Morgan fingerprint density at radius 2 is 1.78 bits per heavy atom. The minimum Gasteiger partial charge on any atom is -0.368 e. The van der Waals surface area contributed by atoms with Crippen LogP contribution in [0.3, 0.4) is 0 Å². The number of benzene rings is 1. The van der Waals surface area contributed by atoms with E-state index < -0.39 is 0 Å². The van der Waals surface area contributed by atoms with Crippen molar-refractivity contribution in [3.63, 3.8) is 0 Å². The Bertz CT molecular complexity index is 414. The lowest BCUT2D eigenvalue weighted by atomic mass is 10.2. The molecule has 0 N–H and O–H groups in total. The fourth-order valence-corrected chi connectivity index (χ4v) is 2.26. The summed E-state index contributed by atoms with van der Waals surface area (Å²) in [6.07, 6.45) is 0. The molecule has 0 radical (unpaired) electrons. The molecule has 1 aromatic rings. The highest BCUT2D eigenvalue weighted by Crippen LogP contribution is 2.17. The number of carbonyl (C=O) groups excluding carboxylic acids is 1. The summed E-state index contributed by atoms with van der Waals surface area (Å²) >= 11 is 4.16. The molecule has 1 amide bonds. The minimum absolute atomic E-state index is 0.0806. The molecule has 1 aliphatic heterocycles. The largest absolute Gasteiger partial charge is 0.368 e. The van der Waals surface area contributed by atoms with Gasteiger partial charge in [-0.25, -0.2) is 4.39 Å². The van der Waals surface area contributed by atoms with Gasteiger partial charge in [-0.15, -0.1) is 0 Å². The van der Waals surface area contributed by atoms with Crippen LogP contribution in [0.1, 0.15) is 6.92 Å². The first-order chi connectivity index (χ1) is 8.58. The number of amides is 1. The number of piperazine rings is 1. The topological polar surface area (TPSA) is 23.6 Å². The molecule has 5 heteroatoms. The summed E-state index contributed by atoms with van der Waals surface area (Å²) in [5, 5.41) is -0.248. The predicted molar refractivity (Wildman–Crippen MR) is 73.6 cm³/mol. The Kier molecular flexibility index (Phi) is 4.11. The first kappa shape index (κ1) is 13.2. The molecule has 3 nitrogen and oxygen atoms in total. The molecular formula is C13H17FN2OS. The summed E-state index contributed by atoms with van der Waals surface area (Å²) < 4.78 is 12.8. The lowest BCUT2D eigenvalue weighted by molar-refractivity contribution is -0.130. The summed E-state index contributed by atoms with van der Waals surface area (Å²) in [5.41, 5.74) is 1.00. The van der Waals surface area contributed by atoms with Crippen LogP contribution < -0.4 is 4.90 Å². The maximum Gasteiger partial charge on any atom is 0.235 e. The Labute approximate surface area is 112 Å². The fourth-order valence-electron chi connectivity index (χ4n) is 2.10. The van der Waals surface area contributed by atoms with Gasteiger partial charge in [0.05, 0.1) is 5.25 Å². The predicted octanol–water partition coefficient (Wildman–Crippen LogP) is 1.79. The summed E-state index contributed by atoms with van der Waals surface area (Å²) in [5.74, 6) is -0.145. The van der Waals surface area contributed by atoms with Gasteiger partial charge in [-0.05, 0) is 31.2 Å². The average molecular weight is 268 g/mol. The highest BCUT2D eigenvalue weighted by Gasteiger charge is 2.23. The highest BCUT2D eigenvalue weighted by molar-refractivity contribution is 7.81. The Hall–Kier alpha value is -1.23. The monoisotopic (exact) mass is 268 g/mol. The van der Waals surface area contributed by atoms with Crippen LogP contribution in [0.25, 0.3) is 0 Å². The summed E-state index contributed by atoms with van der Waals surface area (Å²) in [6, 6.07) is 6.47. The fraction of sp³-hybridized carbons (Fsp3) is 0.462. The number of halogens is 1. The van der Waals surface area contributed by atoms with E-state index in [0.717, 1.165) is 18.8 Å². The number of anilines is 1. The van der Waals surface area contributed by atoms with Gasteiger partial charge in [-0.2, -0.15) is 12.6 Å². The van der Waals surface area contributed by atoms with E-state index in [1.165, 1.54) is 12.1 Å². The summed E-state index contributed by atoms with van der Waals surface area (Å²) in [6.45, 7) is 4.73. The Morgan fingerprint density at radius 1 is 1.22 bits per heavy atom.